The van der Waals surface area contributed by atoms with E-state index >= 15 is 0 Å². The molecule has 0 saturated carbocycles. The molecule has 1 aromatic carbocycles. The molecule has 194 valence electrons. The van der Waals surface area contributed by atoms with Crippen LogP contribution in [0.4, 0.5) is 10.2 Å². The van der Waals surface area contributed by atoms with E-state index in [0.717, 1.165) is 24.1 Å². The van der Waals surface area contributed by atoms with Crippen LogP contribution in [0, 0.1) is 5.82 Å². The SMILES string of the molecule is CC1=CC=C(CC(=O)Nc2cn(CCCCn3cc(C(=O)NCc4cc(Cl)ccc4F)nn3)nn2)CN1. The molecule has 11 nitrogen and oxygen atoms in total. The van der Waals surface area contributed by atoms with E-state index in [1.54, 1.807) is 21.8 Å². The van der Waals surface area contributed by atoms with Crippen molar-refractivity contribution in [2.75, 3.05) is 11.9 Å². The summed E-state index contributed by atoms with van der Waals surface area (Å²) in [4.78, 5) is 24.5. The van der Waals surface area contributed by atoms with Crippen LogP contribution in [0.15, 0.2) is 54.0 Å². The third-order valence-corrected chi connectivity index (χ3v) is 5.84. The number of dihydropyridines is 1. The molecule has 0 bridgehead atoms. The van der Waals surface area contributed by atoms with Crippen LogP contribution in [0.1, 0.15) is 42.2 Å². The molecule has 1 aliphatic heterocycles. The van der Waals surface area contributed by atoms with Crippen LogP contribution in [0.3, 0.4) is 0 Å². The summed E-state index contributed by atoms with van der Waals surface area (Å²) in [6, 6.07) is 4.16. The quantitative estimate of drug-likeness (QED) is 0.327. The molecule has 0 fully saturated rings. The van der Waals surface area contributed by atoms with E-state index in [0.29, 0.717) is 36.9 Å². The molecule has 13 heteroatoms. The lowest BCUT2D eigenvalue weighted by Gasteiger charge is -2.13. The van der Waals surface area contributed by atoms with Crippen molar-refractivity contribution < 1.29 is 14.0 Å². The van der Waals surface area contributed by atoms with Gasteiger partial charge in [-0.15, -0.1) is 10.2 Å². The summed E-state index contributed by atoms with van der Waals surface area (Å²) >= 11 is 5.87. The molecule has 0 unspecified atom stereocenters. The summed E-state index contributed by atoms with van der Waals surface area (Å²) in [5.41, 5.74) is 2.50. The smallest absolute Gasteiger partial charge is 0.273 e. The number of benzene rings is 1. The Bertz CT molecular complexity index is 1330. The third kappa shape index (κ3) is 7.71. The van der Waals surface area contributed by atoms with Gasteiger partial charge in [-0.25, -0.2) is 4.39 Å². The highest BCUT2D eigenvalue weighted by Gasteiger charge is 2.13. The molecule has 3 aromatic rings. The molecule has 3 heterocycles. The van der Waals surface area contributed by atoms with Gasteiger partial charge in [0, 0.05) is 48.9 Å². The van der Waals surface area contributed by atoms with Gasteiger partial charge in [0.05, 0.1) is 12.4 Å². The predicted molar refractivity (Wildman–Crippen MR) is 135 cm³/mol. The number of aromatic nitrogens is 6. The fraction of sp³-hybridized carbons (Fsp3) is 0.333. The van der Waals surface area contributed by atoms with E-state index in [4.69, 9.17) is 11.6 Å². The number of nitrogens with zero attached hydrogens (tertiary/aromatic N) is 6. The molecule has 2 amide bonds. The van der Waals surface area contributed by atoms with Gasteiger partial charge in [-0.05, 0) is 49.6 Å². The maximum absolute atomic E-state index is 13.8. The third-order valence-electron chi connectivity index (χ3n) is 5.60. The minimum Gasteiger partial charge on any atom is -0.385 e. The largest absolute Gasteiger partial charge is 0.385 e. The monoisotopic (exact) mass is 527 g/mol. The van der Waals surface area contributed by atoms with Gasteiger partial charge >= 0.3 is 0 Å². The molecule has 1 aliphatic rings. The van der Waals surface area contributed by atoms with Crippen LogP contribution < -0.4 is 16.0 Å². The minimum atomic E-state index is -0.453. The maximum atomic E-state index is 13.8. The molecule has 0 saturated heterocycles. The van der Waals surface area contributed by atoms with Crippen LogP contribution >= 0.6 is 11.6 Å². The number of carbonyl (C=O) groups is 2. The highest BCUT2D eigenvalue weighted by Crippen LogP contribution is 2.15. The number of hydrogen-bond acceptors (Lipinski definition) is 7. The van der Waals surface area contributed by atoms with Crippen LogP contribution in [-0.2, 0) is 24.4 Å². The number of aryl methyl sites for hydroxylation is 2. The highest BCUT2D eigenvalue weighted by molar-refractivity contribution is 6.30. The van der Waals surface area contributed by atoms with Gasteiger partial charge in [-0.3, -0.25) is 19.0 Å². The fourth-order valence-electron chi connectivity index (χ4n) is 3.60. The molecule has 3 N–H and O–H groups in total. The summed E-state index contributed by atoms with van der Waals surface area (Å²) < 4.78 is 17.0. The Balaban J connectivity index is 1.16. The lowest BCUT2D eigenvalue weighted by Crippen LogP contribution is -2.23. The minimum absolute atomic E-state index is 0.00938. The molecular weight excluding hydrogens is 501 g/mol. The van der Waals surface area contributed by atoms with Gasteiger partial charge in [-0.2, -0.15) is 0 Å². The van der Waals surface area contributed by atoms with Gasteiger partial charge in [0.1, 0.15) is 5.82 Å². The zero-order valence-corrected chi connectivity index (χ0v) is 21.0. The van der Waals surface area contributed by atoms with Crippen LogP contribution in [0.5, 0.6) is 0 Å². The van der Waals surface area contributed by atoms with Crippen molar-refractivity contribution in [2.45, 2.75) is 45.8 Å². The molecule has 0 atom stereocenters. The zero-order chi connectivity index (χ0) is 26.2. The van der Waals surface area contributed by atoms with E-state index in [9.17, 15) is 14.0 Å². The predicted octanol–water partition coefficient (Wildman–Crippen LogP) is 2.83. The number of unbranched alkanes of at least 4 members (excludes halogenated alkanes) is 1. The Labute approximate surface area is 217 Å². The number of hydrogen-bond donors (Lipinski definition) is 3. The molecule has 4 rings (SSSR count). The Morgan fingerprint density at radius 2 is 1.86 bits per heavy atom. The van der Waals surface area contributed by atoms with Crippen LogP contribution in [-0.4, -0.2) is 48.3 Å². The van der Waals surface area contributed by atoms with Crippen molar-refractivity contribution >= 4 is 29.2 Å². The number of nitrogens with one attached hydrogen (secondary N) is 3. The zero-order valence-electron chi connectivity index (χ0n) is 20.2. The summed E-state index contributed by atoms with van der Waals surface area (Å²) in [7, 11) is 0. The first-order chi connectivity index (χ1) is 17.9. The van der Waals surface area contributed by atoms with Crippen LogP contribution in [0.25, 0.3) is 0 Å². The van der Waals surface area contributed by atoms with Crippen molar-refractivity contribution in [3.63, 3.8) is 0 Å². The second-order valence-corrected chi connectivity index (χ2v) is 9.05. The van der Waals surface area contributed by atoms with Gasteiger partial charge in [-0.1, -0.05) is 28.1 Å². The Morgan fingerprint density at radius 3 is 2.62 bits per heavy atom. The second kappa shape index (κ2) is 12.3. The first-order valence-electron chi connectivity index (χ1n) is 11.8. The first-order valence-corrected chi connectivity index (χ1v) is 12.2. The Morgan fingerprint density at radius 1 is 1.11 bits per heavy atom. The van der Waals surface area contributed by atoms with E-state index in [2.05, 4.69) is 36.6 Å². The van der Waals surface area contributed by atoms with Crippen molar-refractivity contribution in [1.82, 2.24) is 40.6 Å². The van der Waals surface area contributed by atoms with E-state index in [-0.39, 0.29) is 23.7 Å². The Hall–Kier alpha value is -4.06. The van der Waals surface area contributed by atoms with Crippen molar-refractivity contribution in [2.24, 2.45) is 0 Å². The second-order valence-electron chi connectivity index (χ2n) is 8.61. The van der Waals surface area contributed by atoms with Gasteiger partial charge in [0.2, 0.25) is 5.91 Å². The lowest BCUT2D eigenvalue weighted by molar-refractivity contribution is -0.115. The normalized spacial score (nSPS) is 12.9. The number of allylic oxidation sites excluding steroid dienone is 3. The lowest BCUT2D eigenvalue weighted by atomic mass is 10.1. The molecule has 2 aromatic heterocycles. The number of amides is 2. The molecule has 0 aliphatic carbocycles. The number of halogens is 2. The van der Waals surface area contributed by atoms with E-state index in [1.165, 1.54) is 18.2 Å². The van der Waals surface area contributed by atoms with Crippen LogP contribution in [0.2, 0.25) is 5.02 Å². The van der Waals surface area contributed by atoms with E-state index < -0.39 is 11.7 Å². The molecule has 37 heavy (non-hydrogen) atoms. The number of rotatable bonds is 11. The van der Waals surface area contributed by atoms with Crippen molar-refractivity contribution in [3.05, 3.63) is 76.1 Å². The summed E-state index contributed by atoms with van der Waals surface area (Å²) in [5.74, 6) is -0.634. The number of carbonyl (C=O) groups excluding carboxylic acids is 2. The number of anilines is 1. The molecule has 0 radical (unpaired) electrons. The van der Waals surface area contributed by atoms with Gasteiger partial charge < -0.3 is 16.0 Å². The van der Waals surface area contributed by atoms with E-state index in [1.807, 2.05) is 19.1 Å². The summed E-state index contributed by atoms with van der Waals surface area (Å²) in [5, 5.41) is 24.9. The van der Waals surface area contributed by atoms with Gasteiger partial charge in [0.15, 0.2) is 11.5 Å². The highest BCUT2D eigenvalue weighted by atomic mass is 35.5. The Kier molecular flexibility index (Phi) is 8.62. The average molecular weight is 528 g/mol. The average Bonchev–Trinajstić information content (AvgIpc) is 3.53. The maximum Gasteiger partial charge on any atom is 0.273 e. The topological polar surface area (TPSA) is 132 Å². The van der Waals surface area contributed by atoms with Crippen molar-refractivity contribution in [3.8, 4) is 0 Å². The molecule has 0 spiro atoms. The van der Waals surface area contributed by atoms with Crippen molar-refractivity contribution in [1.29, 1.82) is 0 Å². The summed E-state index contributed by atoms with van der Waals surface area (Å²) in [6.07, 6.45) is 8.96. The van der Waals surface area contributed by atoms with Gasteiger partial charge in [0.25, 0.3) is 5.91 Å². The molecular formula is C24H27ClFN9O2. The first kappa shape index (κ1) is 26.0. The fourth-order valence-corrected chi connectivity index (χ4v) is 3.79. The standard InChI is InChI=1S/C24H27ClFN9O2/c1-16-4-5-17(12-27-16)10-23(36)29-22-15-35(33-31-22)9-3-2-8-34-14-21(30-32-34)24(37)28-13-18-11-19(25)6-7-20(18)26/h4-7,11,14-15,27H,2-3,8-10,12-13H2,1H3,(H,28,37)(H,29,36). The summed E-state index contributed by atoms with van der Waals surface area (Å²) in [6.45, 7) is 3.78.